The number of benzene rings is 1. The van der Waals surface area contributed by atoms with Crippen LogP contribution in [-0.2, 0) is 4.79 Å². The van der Waals surface area contributed by atoms with Crippen molar-refractivity contribution in [2.75, 3.05) is 11.9 Å². The van der Waals surface area contributed by atoms with Gasteiger partial charge in [-0.1, -0.05) is 30.9 Å². The first kappa shape index (κ1) is 18.1. The molecule has 3 N–H and O–H groups in total. The molecular weight excluding hydrogens is 368 g/mol. The SMILES string of the molecule is O=C(NC1CCCCC1)N[C@H]1CCN2C(=O)c3ccc(Cl)cc3NC(=O)[C@@H]12. The van der Waals surface area contributed by atoms with E-state index in [1.807, 2.05) is 0 Å². The lowest BCUT2D eigenvalue weighted by Gasteiger charge is -2.27. The predicted octanol–water partition coefficient (Wildman–Crippen LogP) is 2.51. The van der Waals surface area contributed by atoms with E-state index >= 15 is 0 Å². The van der Waals surface area contributed by atoms with Crippen LogP contribution < -0.4 is 16.0 Å². The topological polar surface area (TPSA) is 90.5 Å². The number of halogens is 1. The zero-order valence-corrected chi connectivity index (χ0v) is 15.7. The van der Waals surface area contributed by atoms with Crippen molar-refractivity contribution >= 4 is 35.1 Å². The third kappa shape index (κ3) is 3.60. The lowest BCUT2D eigenvalue weighted by atomic mass is 9.96. The number of nitrogens with zero attached hydrogens (tertiary/aromatic N) is 1. The van der Waals surface area contributed by atoms with Crippen molar-refractivity contribution in [3.8, 4) is 0 Å². The van der Waals surface area contributed by atoms with Gasteiger partial charge < -0.3 is 20.9 Å². The highest BCUT2D eigenvalue weighted by Gasteiger charge is 2.45. The first-order valence-electron chi connectivity index (χ1n) is 9.51. The van der Waals surface area contributed by atoms with Crippen molar-refractivity contribution in [3.63, 3.8) is 0 Å². The van der Waals surface area contributed by atoms with E-state index in [0.717, 1.165) is 25.7 Å². The Bertz CT molecular complexity index is 778. The van der Waals surface area contributed by atoms with Crippen molar-refractivity contribution < 1.29 is 14.4 Å². The highest BCUT2D eigenvalue weighted by molar-refractivity contribution is 6.31. The van der Waals surface area contributed by atoms with E-state index in [0.29, 0.717) is 29.2 Å². The molecule has 1 aromatic rings. The molecule has 3 aliphatic rings. The molecule has 0 aromatic heterocycles. The van der Waals surface area contributed by atoms with Gasteiger partial charge in [0.05, 0.1) is 17.3 Å². The summed E-state index contributed by atoms with van der Waals surface area (Å²) in [5.74, 6) is -0.521. The van der Waals surface area contributed by atoms with Crippen molar-refractivity contribution in [2.24, 2.45) is 0 Å². The maximum Gasteiger partial charge on any atom is 0.315 e. The Morgan fingerprint density at radius 2 is 1.89 bits per heavy atom. The molecule has 0 bridgehead atoms. The molecule has 4 rings (SSSR count). The smallest absolute Gasteiger partial charge is 0.315 e. The van der Waals surface area contributed by atoms with Crippen LogP contribution in [0.5, 0.6) is 0 Å². The van der Waals surface area contributed by atoms with Crippen molar-refractivity contribution in [1.29, 1.82) is 0 Å². The summed E-state index contributed by atoms with van der Waals surface area (Å²) in [5, 5.41) is 9.16. The average Bonchev–Trinajstić information content (AvgIpc) is 3.01. The quantitative estimate of drug-likeness (QED) is 0.724. The maximum atomic E-state index is 12.9. The first-order valence-corrected chi connectivity index (χ1v) is 9.89. The zero-order valence-electron chi connectivity index (χ0n) is 15.0. The van der Waals surface area contributed by atoms with Gasteiger partial charge in [-0.15, -0.1) is 0 Å². The summed E-state index contributed by atoms with van der Waals surface area (Å²) >= 11 is 5.99. The lowest BCUT2D eigenvalue weighted by Crippen LogP contribution is -2.54. The second kappa shape index (κ2) is 7.38. The van der Waals surface area contributed by atoms with E-state index in [2.05, 4.69) is 16.0 Å². The Hall–Kier alpha value is -2.28. The van der Waals surface area contributed by atoms with E-state index in [9.17, 15) is 14.4 Å². The number of hydrogen-bond donors (Lipinski definition) is 3. The summed E-state index contributed by atoms with van der Waals surface area (Å²) in [6, 6.07) is 3.62. The van der Waals surface area contributed by atoms with E-state index in [1.54, 1.807) is 23.1 Å². The highest BCUT2D eigenvalue weighted by atomic mass is 35.5. The molecule has 1 saturated carbocycles. The predicted molar refractivity (Wildman–Crippen MR) is 102 cm³/mol. The Morgan fingerprint density at radius 1 is 1.11 bits per heavy atom. The number of carbonyl (C=O) groups is 3. The number of rotatable bonds is 2. The Labute approximate surface area is 162 Å². The van der Waals surface area contributed by atoms with Crippen molar-refractivity contribution in [2.45, 2.75) is 56.7 Å². The highest BCUT2D eigenvalue weighted by Crippen LogP contribution is 2.30. The molecule has 2 atom stereocenters. The number of amides is 4. The van der Waals surface area contributed by atoms with Crippen LogP contribution in [0.2, 0.25) is 5.02 Å². The van der Waals surface area contributed by atoms with Gasteiger partial charge >= 0.3 is 6.03 Å². The van der Waals surface area contributed by atoms with Gasteiger partial charge in [0.15, 0.2) is 0 Å². The van der Waals surface area contributed by atoms with Crippen molar-refractivity contribution in [1.82, 2.24) is 15.5 Å². The standard InChI is InChI=1S/C19H23ClN4O3/c20-11-6-7-13-15(10-11)22-17(25)16-14(8-9-24(16)18(13)26)23-19(27)21-12-4-2-1-3-5-12/h6-7,10,12,14,16H,1-5,8-9H2,(H,22,25)(H2,21,23,27)/t14-,16+/m0/s1. The molecule has 7 nitrogen and oxygen atoms in total. The summed E-state index contributed by atoms with van der Waals surface area (Å²) in [4.78, 5) is 39.6. The fraction of sp³-hybridized carbons (Fsp3) is 0.526. The Kier molecular flexibility index (Phi) is 4.95. The normalized spacial score (nSPS) is 25.3. The van der Waals surface area contributed by atoms with Crippen LogP contribution in [0, 0.1) is 0 Å². The van der Waals surface area contributed by atoms with Crippen LogP contribution in [0.25, 0.3) is 0 Å². The first-order chi connectivity index (χ1) is 13.0. The number of urea groups is 1. The molecule has 2 heterocycles. The molecule has 2 fully saturated rings. The van der Waals surface area contributed by atoms with E-state index in [1.165, 1.54) is 6.42 Å². The summed E-state index contributed by atoms with van der Waals surface area (Å²) in [6.07, 6.45) is 5.99. The number of hydrogen-bond acceptors (Lipinski definition) is 3. The summed E-state index contributed by atoms with van der Waals surface area (Å²) in [7, 11) is 0. The minimum absolute atomic E-state index is 0.187. The van der Waals surface area contributed by atoms with Gasteiger partial charge in [-0.05, 0) is 37.5 Å². The second-order valence-corrected chi connectivity index (χ2v) is 7.91. The molecule has 0 unspecified atom stereocenters. The molecule has 144 valence electrons. The minimum atomic E-state index is -0.721. The van der Waals surface area contributed by atoms with Crippen LogP contribution in [0.1, 0.15) is 48.9 Å². The molecule has 0 radical (unpaired) electrons. The van der Waals surface area contributed by atoms with Crippen molar-refractivity contribution in [3.05, 3.63) is 28.8 Å². The van der Waals surface area contributed by atoms with Gasteiger partial charge in [0.2, 0.25) is 5.91 Å². The Balaban J connectivity index is 1.48. The number of nitrogens with one attached hydrogen (secondary N) is 3. The second-order valence-electron chi connectivity index (χ2n) is 7.47. The van der Waals surface area contributed by atoms with Crippen LogP contribution in [-0.4, -0.2) is 47.4 Å². The monoisotopic (exact) mass is 390 g/mol. The minimum Gasteiger partial charge on any atom is -0.335 e. The molecule has 1 saturated heterocycles. The van der Waals surface area contributed by atoms with Gasteiger partial charge in [0.1, 0.15) is 6.04 Å². The third-order valence-corrected chi connectivity index (χ3v) is 5.89. The van der Waals surface area contributed by atoms with E-state index < -0.39 is 12.1 Å². The largest absolute Gasteiger partial charge is 0.335 e. The summed E-state index contributed by atoms with van der Waals surface area (Å²) < 4.78 is 0. The fourth-order valence-corrected chi connectivity index (χ4v) is 4.48. The molecule has 1 aliphatic carbocycles. The van der Waals surface area contributed by atoms with Gasteiger partial charge in [-0.25, -0.2) is 4.79 Å². The molecule has 8 heteroatoms. The molecule has 4 amide bonds. The maximum absolute atomic E-state index is 12.9. The number of carbonyl (C=O) groups excluding carboxylic acids is 3. The molecule has 27 heavy (non-hydrogen) atoms. The third-order valence-electron chi connectivity index (χ3n) is 5.65. The number of anilines is 1. The molecule has 0 spiro atoms. The lowest BCUT2D eigenvalue weighted by molar-refractivity contribution is -0.120. The summed E-state index contributed by atoms with van der Waals surface area (Å²) in [5.41, 5.74) is 0.833. The van der Waals surface area contributed by atoms with Gasteiger partial charge in [-0.2, -0.15) is 0 Å². The van der Waals surface area contributed by atoms with Crippen LogP contribution >= 0.6 is 11.6 Å². The van der Waals surface area contributed by atoms with Crippen LogP contribution in [0.3, 0.4) is 0 Å². The van der Waals surface area contributed by atoms with Gasteiger partial charge in [-0.3, -0.25) is 9.59 Å². The van der Waals surface area contributed by atoms with Gasteiger partial charge in [0, 0.05) is 17.6 Å². The molecule has 2 aliphatic heterocycles. The number of fused-ring (bicyclic) bond motifs is 2. The Morgan fingerprint density at radius 3 is 2.67 bits per heavy atom. The van der Waals surface area contributed by atoms with E-state index in [-0.39, 0.29) is 23.9 Å². The van der Waals surface area contributed by atoms with E-state index in [4.69, 9.17) is 11.6 Å². The zero-order chi connectivity index (χ0) is 19.0. The van der Waals surface area contributed by atoms with Crippen LogP contribution in [0.4, 0.5) is 10.5 Å². The van der Waals surface area contributed by atoms with Crippen LogP contribution in [0.15, 0.2) is 18.2 Å². The molecule has 1 aromatic carbocycles. The average molecular weight is 391 g/mol. The summed E-state index contributed by atoms with van der Waals surface area (Å²) in [6.45, 7) is 0.424. The molecular formula is C19H23ClN4O3. The van der Waals surface area contributed by atoms with Gasteiger partial charge in [0.25, 0.3) is 5.91 Å². The fourth-order valence-electron chi connectivity index (χ4n) is 4.31.